The zero-order valence-corrected chi connectivity index (χ0v) is 12.2. The Morgan fingerprint density at radius 3 is 2.76 bits per heavy atom. The van der Waals surface area contributed by atoms with Crippen LogP contribution in [-0.4, -0.2) is 23.7 Å². The van der Waals surface area contributed by atoms with Crippen LogP contribution in [0, 0.1) is 0 Å². The normalized spacial score (nSPS) is 9.95. The van der Waals surface area contributed by atoms with Crippen LogP contribution < -0.4 is 10.1 Å². The van der Waals surface area contributed by atoms with E-state index in [1.54, 1.807) is 36.6 Å². The number of aromatic nitrogens is 1. The molecular weight excluding hydrogens is 292 g/mol. The van der Waals surface area contributed by atoms with Gasteiger partial charge in [0, 0.05) is 5.38 Å². The molecule has 0 bridgehead atoms. The first kappa shape index (κ1) is 15.0. The first-order chi connectivity index (χ1) is 10.2. The van der Waals surface area contributed by atoms with Crippen LogP contribution in [0.5, 0.6) is 5.75 Å². The fraction of sp³-hybridized carbons (Fsp3) is 0.214. The van der Waals surface area contributed by atoms with E-state index in [0.29, 0.717) is 23.2 Å². The van der Waals surface area contributed by atoms with E-state index >= 15 is 0 Å². The summed E-state index contributed by atoms with van der Waals surface area (Å²) >= 11 is 1.22. The van der Waals surface area contributed by atoms with Crippen LogP contribution >= 0.6 is 11.3 Å². The highest BCUT2D eigenvalue weighted by molar-refractivity contribution is 7.13. The Morgan fingerprint density at radius 1 is 1.29 bits per heavy atom. The van der Waals surface area contributed by atoms with Gasteiger partial charge in [0.2, 0.25) is 0 Å². The molecule has 6 nitrogen and oxygen atoms in total. The van der Waals surface area contributed by atoms with E-state index in [2.05, 4.69) is 10.3 Å². The van der Waals surface area contributed by atoms with Crippen molar-refractivity contribution in [3.63, 3.8) is 0 Å². The average Bonchev–Trinajstić information content (AvgIpc) is 2.87. The zero-order chi connectivity index (χ0) is 15.1. The maximum atomic E-state index is 11.7. The third kappa shape index (κ3) is 4.88. The summed E-state index contributed by atoms with van der Waals surface area (Å²) in [6, 6.07) is 8.71. The van der Waals surface area contributed by atoms with Crippen LogP contribution in [0.3, 0.4) is 0 Å². The molecule has 0 aliphatic carbocycles. The SMILES string of the molecule is CCOC(=O)Cc1csc(NC(=O)Oc2ccccc2)n1. The number of hydrogen-bond acceptors (Lipinski definition) is 6. The minimum absolute atomic E-state index is 0.0831. The van der Waals surface area contributed by atoms with Gasteiger partial charge in [-0.05, 0) is 19.1 Å². The number of carbonyl (C=O) groups is 2. The maximum absolute atomic E-state index is 11.7. The molecule has 21 heavy (non-hydrogen) atoms. The van der Waals surface area contributed by atoms with Crippen molar-refractivity contribution in [1.29, 1.82) is 0 Å². The minimum Gasteiger partial charge on any atom is -0.466 e. The first-order valence-electron chi connectivity index (χ1n) is 6.31. The molecule has 1 aromatic heterocycles. The minimum atomic E-state index is -0.627. The molecular formula is C14H14N2O4S. The van der Waals surface area contributed by atoms with E-state index < -0.39 is 6.09 Å². The van der Waals surface area contributed by atoms with Gasteiger partial charge in [-0.2, -0.15) is 0 Å². The molecule has 1 amide bonds. The summed E-state index contributed by atoms with van der Waals surface area (Å²) in [5, 5.41) is 4.57. The molecule has 0 aliphatic heterocycles. The second-order valence-electron chi connectivity index (χ2n) is 3.95. The Bertz CT molecular complexity index is 612. The van der Waals surface area contributed by atoms with E-state index in [-0.39, 0.29) is 12.4 Å². The standard InChI is InChI=1S/C14H14N2O4S/c1-2-19-12(17)8-10-9-21-13(15-10)16-14(18)20-11-6-4-3-5-7-11/h3-7,9H,2,8H2,1H3,(H,15,16,18). The summed E-state index contributed by atoms with van der Waals surface area (Å²) in [5.74, 6) is 0.0968. The van der Waals surface area contributed by atoms with E-state index in [1.165, 1.54) is 11.3 Å². The average molecular weight is 306 g/mol. The van der Waals surface area contributed by atoms with Crippen LogP contribution in [0.15, 0.2) is 35.7 Å². The molecule has 1 N–H and O–H groups in total. The molecule has 0 unspecified atom stereocenters. The summed E-state index contributed by atoms with van der Waals surface area (Å²) in [6.07, 6.45) is -0.544. The first-order valence-corrected chi connectivity index (χ1v) is 7.19. The fourth-order valence-corrected chi connectivity index (χ4v) is 2.21. The van der Waals surface area contributed by atoms with Gasteiger partial charge in [-0.1, -0.05) is 18.2 Å². The fourth-order valence-electron chi connectivity index (χ4n) is 1.51. The lowest BCUT2D eigenvalue weighted by atomic mass is 10.3. The van der Waals surface area contributed by atoms with Crippen molar-refractivity contribution in [2.75, 3.05) is 11.9 Å². The number of anilines is 1. The van der Waals surface area contributed by atoms with Crippen LogP contribution in [0.2, 0.25) is 0 Å². The summed E-state index contributed by atoms with van der Waals surface area (Å²) in [7, 11) is 0. The number of thiazole rings is 1. The Morgan fingerprint density at radius 2 is 2.05 bits per heavy atom. The Kier molecular flexibility index (Phi) is 5.28. The molecule has 0 atom stereocenters. The number of benzene rings is 1. The summed E-state index contributed by atoms with van der Waals surface area (Å²) in [5.41, 5.74) is 0.550. The second kappa shape index (κ2) is 7.39. The number of amides is 1. The summed E-state index contributed by atoms with van der Waals surface area (Å²) < 4.78 is 9.90. The van der Waals surface area contributed by atoms with Crippen LogP contribution in [0.1, 0.15) is 12.6 Å². The zero-order valence-electron chi connectivity index (χ0n) is 11.4. The van der Waals surface area contributed by atoms with Gasteiger partial charge in [-0.25, -0.2) is 9.78 Å². The molecule has 0 spiro atoms. The molecule has 0 saturated heterocycles. The van der Waals surface area contributed by atoms with Gasteiger partial charge >= 0.3 is 12.1 Å². The molecule has 0 aliphatic rings. The predicted octanol–water partition coefficient (Wildman–Crippen LogP) is 2.86. The Hall–Kier alpha value is -2.41. The largest absolute Gasteiger partial charge is 0.466 e. The predicted molar refractivity (Wildman–Crippen MR) is 78.5 cm³/mol. The number of nitrogens with zero attached hydrogens (tertiary/aromatic N) is 1. The van der Waals surface area contributed by atoms with Gasteiger partial charge in [-0.3, -0.25) is 10.1 Å². The Labute approximate surface area is 125 Å². The van der Waals surface area contributed by atoms with E-state index in [1.807, 2.05) is 6.07 Å². The van der Waals surface area contributed by atoms with Gasteiger partial charge in [0.25, 0.3) is 0 Å². The molecule has 110 valence electrons. The smallest absolute Gasteiger partial charge is 0.418 e. The van der Waals surface area contributed by atoms with E-state index in [9.17, 15) is 9.59 Å². The van der Waals surface area contributed by atoms with Crippen LogP contribution in [0.25, 0.3) is 0 Å². The lowest BCUT2D eigenvalue weighted by molar-refractivity contribution is -0.142. The number of carbonyl (C=O) groups excluding carboxylic acids is 2. The van der Waals surface area contributed by atoms with Gasteiger partial charge < -0.3 is 9.47 Å². The molecule has 0 radical (unpaired) electrons. The highest BCUT2D eigenvalue weighted by Crippen LogP contribution is 2.17. The molecule has 0 fully saturated rings. The maximum Gasteiger partial charge on any atom is 0.418 e. The number of hydrogen-bond donors (Lipinski definition) is 1. The van der Waals surface area contributed by atoms with Crippen molar-refractivity contribution in [1.82, 2.24) is 4.98 Å². The quantitative estimate of drug-likeness (QED) is 0.859. The Balaban J connectivity index is 1.87. The van der Waals surface area contributed by atoms with Gasteiger partial charge in [0.05, 0.1) is 18.7 Å². The van der Waals surface area contributed by atoms with E-state index in [0.717, 1.165) is 0 Å². The summed E-state index contributed by atoms with van der Waals surface area (Å²) in [4.78, 5) is 27.1. The van der Waals surface area contributed by atoms with Gasteiger partial charge in [-0.15, -0.1) is 11.3 Å². The molecule has 0 saturated carbocycles. The van der Waals surface area contributed by atoms with Gasteiger partial charge in [0.1, 0.15) is 5.75 Å². The highest BCUT2D eigenvalue weighted by Gasteiger charge is 2.11. The lowest BCUT2D eigenvalue weighted by Gasteiger charge is -2.03. The molecule has 2 aromatic rings. The van der Waals surface area contributed by atoms with Crippen molar-refractivity contribution in [3.05, 3.63) is 41.4 Å². The lowest BCUT2D eigenvalue weighted by Crippen LogP contribution is -2.16. The van der Waals surface area contributed by atoms with E-state index in [4.69, 9.17) is 9.47 Å². The van der Waals surface area contributed by atoms with Crippen molar-refractivity contribution in [3.8, 4) is 5.75 Å². The van der Waals surface area contributed by atoms with Crippen molar-refractivity contribution in [2.24, 2.45) is 0 Å². The number of nitrogens with one attached hydrogen (secondary N) is 1. The molecule has 1 aromatic carbocycles. The van der Waals surface area contributed by atoms with Crippen molar-refractivity contribution >= 4 is 28.5 Å². The molecule has 7 heteroatoms. The molecule has 2 rings (SSSR count). The third-order valence-electron chi connectivity index (χ3n) is 2.35. The van der Waals surface area contributed by atoms with Crippen molar-refractivity contribution < 1.29 is 19.1 Å². The molecule has 1 heterocycles. The monoisotopic (exact) mass is 306 g/mol. The second-order valence-corrected chi connectivity index (χ2v) is 4.81. The summed E-state index contributed by atoms with van der Waals surface area (Å²) in [6.45, 7) is 2.07. The van der Waals surface area contributed by atoms with Gasteiger partial charge in [0.15, 0.2) is 5.13 Å². The third-order valence-corrected chi connectivity index (χ3v) is 3.15. The van der Waals surface area contributed by atoms with Crippen molar-refractivity contribution in [2.45, 2.75) is 13.3 Å². The highest BCUT2D eigenvalue weighted by atomic mass is 32.1. The van der Waals surface area contributed by atoms with Crippen LogP contribution in [-0.2, 0) is 16.0 Å². The topological polar surface area (TPSA) is 77.5 Å². The number of para-hydroxylation sites is 1. The van der Waals surface area contributed by atoms with Crippen LogP contribution in [0.4, 0.5) is 9.93 Å². The number of esters is 1. The number of rotatable bonds is 5. The number of ether oxygens (including phenoxy) is 2.